The molecule has 0 aromatic rings. The summed E-state index contributed by atoms with van der Waals surface area (Å²) in [7, 11) is 0. The van der Waals surface area contributed by atoms with Crippen LogP contribution in [0, 0.1) is 51.8 Å². The molecule has 9 atom stereocenters. The molecule has 0 aromatic carbocycles. The lowest BCUT2D eigenvalue weighted by Gasteiger charge is -2.61. The molecule has 0 aromatic heterocycles. The van der Waals surface area contributed by atoms with Gasteiger partial charge >= 0.3 is 0 Å². The van der Waals surface area contributed by atoms with Gasteiger partial charge in [0.25, 0.3) is 0 Å². The summed E-state index contributed by atoms with van der Waals surface area (Å²) in [6.45, 7) is 15.5. The number of hydrogen-bond acceptors (Lipinski definition) is 1. The largest absolute Gasteiger partial charge is 0.396 e. The van der Waals surface area contributed by atoms with Crippen molar-refractivity contribution in [3.05, 3.63) is 11.6 Å². The molecule has 2 unspecified atom stereocenters. The minimum Gasteiger partial charge on any atom is -0.396 e. The van der Waals surface area contributed by atoms with Crippen LogP contribution >= 0.6 is 0 Å². The van der Waals surface area contributed by atoms with Gasteiger partial charge in [-0.05, 0) is 96.7 Å². The molecule has 4 aliphatic carbocycles. The number of fused-ring (bicyclic) bond motifs is 5. The molecule has 0 bridgehead atoms. The molecule has 0 spiro atoms. The number of aliphatic hydroxyl groups excluding tert-OH is 1. The van der Waals surface area contributed by atoms with E-state index in [9.17, 15) is 5.11 Å². The van der Waals surface area contributed by atoms with E-state index in [1.165, 1.54) is 70.6 Å². The third kappa shape index (κ3) is 3.36. The van der Waals surface area contributed by atoms with Gasteiger partial charge < -0.3 is 5.11 Å². The van der Waals surface area contributed by atoms with Crippen LogP contribution in [0.4, 0.5) is 0 Å². The standard InChI is InChI=1S/C29H50O/c1-20(22(3)19-30)10-11-21(2)24-14-17-29(6)26-13-12-23-9-7-8-16-27(23,4)25(26)15-18-28(24,29)5/h15,20-24,26,30H,7-14,16-19H2,1-6H3/t20-,21-,22?,23?,24-,26-,27+,28-,29+/m1/s1. The summed E-state index contributed by atoms with van der Waals surface area (Å²) in [5.41, 5.74) is 3.41. The van der Waals surface area contributed by atoms with E-state index in [0.29, 0.717) is 34.7 Å². The Bertz CT molecular complexity index is 651. The Labute approximate surface area is 187 Å². The SMILES string of the molecule is CC(CO)[C@H](C)CC[C@@H](C)[C@H]1CC[C@@]2(C)[C@@H]3CCC4CCCC[C@]4(C)C3=CC[C@]12C. The average Bonchev–Trinajstić information content (AvgIpc) is 3.02. The van der Waals surface area contributed by atoms with Crippen molar-refractivity contribution in [3.63, 3.8) is 0 Å². The fourth-order valence-corrected chi connectivity index (χ4v) is 9.07. The van der Waals surface area contributed by atoms with Crippen molar-refractivity contribution in [2.75, 3.05) is 6.61 Å². The molecule has 4 rings (SSSR count). The first-order chi connectivity index (χ1) is 14.2. The van der Waals surface area contributed by atoms with E-state index < -0.39 is 0 Å². The van der Waals surface area contributed by atoms with Crippen molar-refractivity contribution in [1.82, 2.24) is 0 Å². The molecule has 3 saturated carbocycles. The fraction of sp³-hybridized carbons (Fsp3) is 0.931. The maximum Gasteiger partial charge on any atom is 0.0459 e. The lowest BCUT2D eigenvalue weighted by molar-refractivity contribution is -0.0427. The molecule has 1 N–H and O–H groups in total. The minimum absolute atomic E-state index is 0.337. The Balaban J connectivity index is 1.54. The Kier molecular flexibility index (Phi) is 6.28. The normalized spacial score (nSPS) is 46.2. The highest BCUT2D eigenvalue weighted by molar-refractivity contribution is 5.31. The van der Waals surface area contributed by atoms with Gasteiger partial charge in [0.2, 0.25) is 0 Å². The van der Waals surface area contributed by atoms with E-state index in [2.05, 4.69) is 47.6 Å². The van der Waals surface area contributed by atoms with Crippen LogP contribution in [0.15, 0.2) is 11.6 Å². The second kappa shape index (κ2) is 8.24. The summed E-state index contributed by atoms with van der Waals surface area (Å²) in [4.78, 5) is 0. The monoisotopic (exact) mass is 414 g/mol. The average molecular weight is 415 g/mol. The van der Waals surface area contributed by atoms with Crippen molar-refractivity contribution < 1.29 is 5.11 Å². The summed E-state index contributed by atoms with van der Waals surface area (Å²) in [6.07, 6.45) is 18.4. The van der Waals surface area contributed by atoms with Crippen LogP contribution in [-0.2, 0) is 0 Å². The molecular formula is C29H50O. The summed E-state index contributed by atoms with van der Waals surface area (Å²) in [6, 6.07) is 0. The molecular weight excluding hydrogens is 364 g/mol. The first-order valence-corrected chi connectivity index (χ1v) is 13.5. The van der Waals surface area contributed by atoms with E-state index in [4.69, 9.17) is 0 Å². The predicted molar refractivity (Wildman–Crippen MR) is 128 cm³/mol. The second-order valence-corrected chi connectivity index (χ2v) is 13.0. The number of rotatable bonds is 6. The van der Waals surface area contributed by atoms with E-state index in [1.54, 1.807) is 0 Å². The summed E-state index contributed by atoms with van der Waals surface area (Å²) in [5, 5.41) is 9.52. The van der Waals surface area contributed by atoms with Gasteiger partial charge in [-0.25, -0.2) is 0 Å². The molecule has 0 aliphatic heterocycles. The number of hydrogen-bond donors (Lipinski definition) is 1. The van der Waals surface area contributed by atoms with Crippen molar-refractivity contribution in [3.8, 4) is 0 Å². The molecule has 1 nitrogen and oxygen atoms in total. The lowest BCUT2D eigenvalue weighted by Crippen LogP contribution is -2.52. The molecule has 1 heteroatoms. The quantitative estimate of drug-likeness (QED) is 0.436. The number of aliphatic hydroxyl groups is 1. The Morgan fingerprint density at radius 3 is 2.40 bits per heavy atom. The topological polar surface area (TPSA) is 20.2 Å². The first-order valence-electron chi connectivity index (χ1n) is 13.5. The van der Waals surface area contributed by atoms with Gasteiger partial charge in [-0.2, -0.15) is 0 Å². The van der Waals surface area contributed by atoms with Gasteiger partial charge in [0.15, 0.2) is 0 Å². The van der Waals surface area contributed by atoms with E-state index in [0.717, 1.165) is 23.7 Å². The maximum atomic E-state index is 9.52. The molecule has 0 radical (unpaired) electrons. The van der Waals surface area contributed by atoms with Crippen molar-refractivity contribution in [1.29, 1.82) is 0 Å². The highest BCUT2D eigenvalue weighted by Crippen LogP contribution is 2.71. The maximum absolute atomic E-state index is 9.52. The van der Waals surface area contributed by atoms with Crippen molar-refractivity contribution >= 4 is 0 Å². The predicted octanol–water partition coefficient (Wildman–Crippen LogP) is 8.03. The highest BCUT2D eigenvalue weighted by atomic mass is 16.3. The molecule has 0 saturated heterocycles. The Hall–Kier alpha value is -0.300. The van der Waals surface area contributed by atoms with E-state index in [1.807, 2.05) is 5.57 Å². The highest BCUT2D eigenvalue weighted by Gasteiger charge is 2.63. The zero-order valence-corrected chi connectivity index (χ0v) is 21.0. The third-order valence-corrected chi connectivity index (χ3v) is 11.9. The van der Waals surface area contributed by atoms with Crippen LogP contribution < -0.4 is 0 Å². The molecule has 4 aliphatic rings. The van der Waals surface area contributed by atoms with Gasteiger partial charge in [-0.3, -0.25) is 0 Å². The first kappa shape index (κ1) is 22.9. The van der Waals surface area contributed by atoms with Crippen molar-refractivity contribution in [2.45, 2.75) is 112 Å². The van der Waals surface area contributed by atoms with Gasteiger partial charge in [0.05, 0.1) is 0 Å². The lowest BCUT2D eigenvalue weighted by atomic mass is 9.44. The van der Waals surface area contributed by atoms with E-state index >= 15 is 0 Å². The fourth-order valence-electron chi connectivity index (χ4n) is 9.07. The van der Waals surface area contributed by atoms with Gasteiger partial charge in [0, 0.05) is 6.61 Å². The second-order valence-electron chi connectivity index (χ2n) is 13.0. The van der Waals surface area contributed by atoms with Crippen LogP contribution in [0.2, 0.25) is 0 Å². The van der Waals surface area contributed by atoms with Gasteiger partial charge in [-0.15, -0.1) is 0 Å². The molecule has 0 heterocycles. The van der Waals surface area contributed by atoms with Crippen LogP contribution in [0.1, 0.15) is 112 Å². The van der Waals surface area contributed by atoms with Gasteiger partial charge in [-0.1, -0.05) is 78.9 Å². The summed E-state index contributed by atoms with van der Waals surface area (Å²) >= 11 is 0. The molecule has 172 valence electrons. The Morgan fingerprint density at radius 1 is 0.900 bits per heavy atom. The number of allylic oxidation sites excluding steroid dienone is 2. The molecule has 30 heavy (non-hydrogen) atoms. The molecule has 0 amide bonds. The minimum atomic E-state index is 0.337. The third-order valence-electron chi connectivity index (χ3n) is 11.9. The van der Waals surface area contributed by atoms with Crippen LogP contribution in [0.3, 0.4) is 0 Å². The smallest absolute Gasteiger partial charge is 0.0459 e. The summed E-state index contributed by atoms with van der Waals surface area (Å²) < 4.78 is 0. The van der Waals surface area contributed by atoms with E-state index in [-0.39, 0.29) is 0 Å². The summed E-state index contributed by atoms with van der Waals surface area (Å²) in [5.74, 6) is 4.56. The van der Waals surface area contributed by atoms with Crippen LogP contribution in [0.25, 0.3) is 0 Å². The van der Waals surface area contributed by atoms with Crippen molar-refractivity contribution in [2.24, 2.45) is 51.8 Å². The van der Waals surface area contributed by atoms with Crippen LogP contribution in [0.5, 0.6) is 0 Å². The zero-order valence-electron chi connectivity index (χ0n) is 21.0. The molecule has 3 fully saturated rings. The van der Waals surface area contributed by atoms with Crippen LogP contribution in [-0.4, -0.2) is 11.7 Å². The Morgan fingerprint density at radius 2 is 1.67 bits per heavy atom. The van der Waals surface area contributed by atoms with Gasteiger partial charge in [0.1, 0.15) is 0 Å². The zero-order chi connectivity index (χ0) is 21.7.